The van der Waals surface area contributed by atoms with E-state index >= 15 is 0 Å². The average molecular weight is 248 g/mol. The molecule has 0 aliphatic carbocycles. The van der Waals surface area contributed by atoms with Crippen molar-refractivity contribution < 1.29 is 14.8 Å². The standard InChI is InChI=1S/C10H8N4O4/c1-6-3-2-4-11-9(6)13-5-7(14(17)18)8(12-13)10(15)16/h2-5H,1H3,(H,15,16). The second kappa shape index (κ2) is 4.24. The Hall–Kier alpha value is -2.77. The highest BCUT2D eigenvalue weighted by atomic mass is 16.6. The van der Waals surface area contributed by atoms with Gasteiger partial charge in [0.1, 0.15) is 6.20 Å². The van der Waals surface area contributed by atoms with Gasteiger partial charge in [0.25, 0.3) is 0 Å². The van der Waals surface area contributed by atoms with E-state index in [0.717, 1.165) is 16.4 Å². The molecule has 0 radical (unpaired) electrons. The summed E-state index contributed by atoms with van der Waals surface area (Å²) in [4.78, 5) is 24.8. The molecule has 0 fully saturated rings. The first-order valence-electron chi connectivity index (χ1n) is 4.90. The van der Waals surface area contributed by atoms with Crippen molar-refractivity contribution in [3.8, 4) is 5.82 Å². The molecule has 0 bridgehead atoms. The average Bonchev–Trinajstić information content (AvgIpc) is 2.74. The fourth-order valence-electron chi connectivity index (χ4n) is 1.48. The number of aromatic carboxylic acids is 1. The summed E-state index contributed by atoms with van der Waals surface area (Å²) in [6.45, 7) is 1.75. The number of nitro groups is 1. The molecule has 0 saturated carbocycles. The number of rotatable bonds is 3. The van der Waals surface area contributed by atoms with Crippen molar-refractivity contribution in [3.63, 3.8) is 0 Å². The molecule has 0 aliphatic heterocycles. The van der Waals surface area contributed by atoms with Crippen molar-refractivity contribution in [1.82, 2.24) is 14.8 Å². The number of carboxylic acids is 1. The highest BCUT2D eigenvalue weighted by Gasteiger charge is 2.26. The summed E-state index contributed by atoms with van der Waals surface area (Å²) >= 11 is 0. The molecule has 2 rings (SSSR count). The molecule has 92 valence electrons. The Labute approximate surface area is 101 Å². The first-order chi connectivity index (χ1) is 8.50. The van der Waals surface area contributed by atoms with Crippen molar-refractivity contribution in [1.29, 1.82) is 0 Å². The molecule has 0 unspecified atom stereocenters. The maximum Gasteiger partial charge on any atom is 0.363 e. The number of nitrogens with zero attached hydrogens (tertiary/aromatic N) is 4. The highest BCUT2D eigenvalue weighted by molar-refractivity contribution is 5.89. The van der Waals surface area contributed by atoms with E-state index in [1.54, 1.807) is 19.1 Å². The summed E-state index contributed by atoms with van der Waals surface area (Å²) < 4.78 is 1.09. The van der Waals surface area contributed by atoms with Crippen LogP contribution in [-0.2, 0) is 0 Å². The lowest BCUT2D eigenvalue weighted by atomic mass is 10.3. The predicted molar refractivity (Wildman–Crippen MR) is 59.7 cm³/mol. The zero-order valence-corrected chi connectivity index (χ0v) is 9.27. The Morgan fingerprint density at radius 3 is 2.78 bits per heavy atom. The van der Waals surface area contributed by atoms with Gasteiger partial charge in [0, 0.05) is 6.20 Å². The van der Waals surface area contributed by atoms with Gasteiger partial charge in [0.05, 0.1) is 4.92 Å². The van der Waals surface area contributed by atoms with E-state index in [-0.39, 0.29) is 0 Å². The zero-order chi connectivity index (χ0) is 13.3. The van der Waals surface area contributed by atoms with E-state index in [9.17, 15) is 14.9 Å². The normalized spacial score (nSPS) is 10.3. The Balaban J connectivity index is 2.61. The molecule has 2 heterocycles. The number of pyridine rings is 1. The first kappa shape index (κ1) is 11.7. The van der Waals surface area contributed by atoms with Gasteiger partial charge < -0.3 is 5.11 Å². The SMILES string of the molecule is Cc1cccnc1-n1cc([N+](=O)[O-])c(C(=O)O)n1. The molecule has 2 aromatic heterocycles. The van der Waals surface area contributed by atoms with Crippen LogP contribution in [0.3, 0.4) is 0 Å². The molecule has 2 aromatic rings. The summed E-state index contributed by atoms with van der Waals surface area (Å²) in [7, 11) is 0. The minimum absolute atomic E-state index is 0.355. The largest absolute Gasteiger partial charge is 0.476 e. The molecule has 0 saturated heterocycles. The van der Waals surface area contributed by atoms with E-state index in [4.69, 9.17) is 5.11 Å². The monoisotopic (exact) mass is 248 g/mol. The van der Waals surface area contributed by atoms with Gasteiger partial charge in [-0.2, -0.15) is 5.10 Å². The van der Waals surface area contributed by atoms with E-state index in [0.29, 0.717) is 5.82 Å². The molecule has 0 aliphatic rings. The van der Waals surface area contributed by atoms with E-state index in [1.165, 1.54) is 6.20 Å². The third-order valence-electron chi connectivity index (χ3n) is 2.29. The molecule has 18 heavy (non-hydrogen) atoms. The van der Waals surface area contributed by atoms with Gasteiger partial charge in [-0.1, -0.05) is 6.07 Å². The van der Waals surface area contributed by atoms with E-state index in [2.05, 4.69) is 10.1 Å². The molecule has 0 amide bonds. The van der Waals surface area contributed by atoms with Crippen molar-refractivity contribution in [2.24, 2.45) is 0 Å². The van der Waals surface area contributed by atoms with Crippen molar-refractivity contribution >= 4 is 11.7 Å². The number of carbonyl (C=O) groups is 1. The van der Waals surface area contributed by atoms with Gasteiger partial charge in [-0.25, -0.2) is 14.5 Å². The summed E-state index contributed by atoms with van der Waals surface area (Å²) in [5.41, 5.74) is -0.440. The fourth-order valence-corrected chi connectivity index (χ4v) is 1.48. The van der Waals surface area contributed by atoms with E-state index in [1.807, 2.05) is 0 Å². The van der Waals surface area contributed by atoms with Crippen molar-refractivity contribution in [3.05, 3.63) is 45.9 Å². The zero-order valence-electron chi connectivity index (χ0n) is 9.27. The Morgan fingerprint density at radius 2 is 2.28 bits per heavy atom. The minimum Gasteiger partial charge on any atom is -0.476 e. The third kappa shape index (κ3) is 1.90. The number of hydrogen-bond acceptors (Lipinski definition) is 5. The third-order valence-corrected chi connectivity index (χ3v) is 2.29. The maximum absolute atomic E-state index is 10.9. The van der Waals surface area contributed by atoms with Crippen molar-refractivity contribution in [2.75, 3.05) is 0 Å². The molecule has 0 atom stereocenters. The summed E-state index contributed by atoms with van der Waals surface area (Å²) in [6, 6.07) is 3.45. The number of hydrogen-bond donors (Lipinski definition) is 1. The summed E-state index contributed by atoms with van der Waals surface area (Å²) in [5, 5.41) is 23.2. The Bertz CT molecular complexity index is 603. The van der Waals surface area contributed by atoms with Gasteiger partial charge in [-0.3, -0.25) is 10.1 Å². The van der Waals surface area contributed by atoms with Crippen LogP contribution in [-0.4, -0.2) is 30.8 Å². The van der Waals surface area contributed by atoms with Crippen LogP contribution < -0.4 is 0 Å². The van der Waals surface area contributed by atoms with Gasteiger partial charge in [0.2, 0.25) is 5.69 Å². The van der Waals surface area contributed by atoms with Gasteiger partial charge in [0.15, 0.2) is 5.82 Å². The van der Waals surface area contributed by atoms with E-state index < -0.39 is 22.3 Å². The highest BCUT2D eigenvalue weighted by Crippen LogP contribution is 2.19. The van der Waals surface area contributed by atoms with Gasteiger partial charge >= 0.3 is 11.7 Å². The smallest absolute Gasteiger partial charge is 0.363 e. The van der Waals surface area contributed by atoms with Crippen LogP contribution in [0.4, 0.5) is 5.69 Å². The molecule has 0 aromatic carbocycles. The molecule has 8 nitrogen and oxygen atoms in total. The lowest BCUT2D eigenvalue weighted by Gasteiger charge is -2.01. The minimum atomic E-state index is -1.45. The maximum atomic E-state index is 10.9. The number of carboxylic acid groups (broad SMARTS) is 1. The lowest BCUT2D eigenvalue weighted by molar-refractivity contribution is -0.385. The van der Waals surface area contributed by atoms with Gasteiger partial charge in [-0.05, 0) is 18.6 Å². The Morgan fingerprint density at radius 1 is 1.56 bits per heavy atom. The lowest BCUT2D eigenvalue weighted by Crippen LogP contribution is -2.04. The van der Waals surface area contributed by atoms with Gasteiger partial charge in [-0.15, -0.1) is 0 Å². The molecule has 0 spiro atoms. The molecule has 8 heteroatoms. The van der Waals surface area contributed by atoms with Crippen LogP contribution in [0.15, 0.2) is 24.5 Å². The Kier molecular flexibility index (Phi) is 2.76. The number of aryl methyl sites for hydroxylation is 1. The molecular formula is C10H8N4O4. The van der Waals surface area contributed by atoms with Crippen LogP contribution in [0.5, 0.6) is 0 Å². The van der Waals surface area contributed by atoms with Crippen LogP contribution in [0.1, 0.15) is 16.1 Å². The summed E-state index contributed by atoms with van der Waals surface area (Å²) in [5.74, 6) is -1.10. The second-order valence-corrected chi connectivity index (χ2v) is 3.51. The summed E-state index contributed by atoms with van der Waals surface area (Å²) in [6.07, 6.45) is 2.54. The second-order valence-electron chi connectivity index (χ2n) is 3.51. The van der Waals surface area contributed by atoms with Crippen LogP contribution in [0.25, 0.3) is 5.82 Å². The fraction of sp³-hybridized carbons (Fsp3) is 0.100. The number of aromatic nitrogens is 3. The van der Waals surface area contributed by atoms with Crippen LogP contribution in [0.2, 0.25) is 0 Å². The van der Waals surface area contributed by atoms with Crippen LogP contribution in [0, 0.1) is 17.0 Å². The molecule has 1 N–H and O–H groups in total. The van der Waals surface area contributed by atoms with Crippen molar-refractivity contribution in [2.45, 2.75) is 6.92 Å². The first-order valence-corrected chi connectivity index (χ1v) is 4.90. The van der Waals surface area contributed by atoms with Crippen LogP contribution >= 0.6 is 0 Å². The predicted octanol–water partition coefficient (Wildman–Crippen LogP) is 1.18. The molecular weight excluding hydrogens is 240 g/mol. The topological polar surface area (TPSA) is 111 Å². The quantitative estimate of drug-likeness (QED) is 0.644.